The van der Waals surface area contributed by atoms with Crippen LogP contribution in [0.3, 0.4) is 0 Å². The molecule has 0 unspecified atom stereocenters. The molecule has 0 aliphatic heterocycles. The summed E-state index contributed by atoms with van der Waals surface area (Å²) >= 11 is 12.3. The van der Waals surface area contributed by atoms with Gasteiger partial charge in [0.05, 0.1) is 11.8 Å². The monoisotopic (exact) mass is 492 g/mol. The third-order valence-corrected chi connectivity index (χ3v) is 6.09. The molecule has 2 rings (SSSR count). The highest BCUT2D eigenvalue weighted by atomic mass is 35.5. The van der Waals surface area contributed by atoms with Crippen LogP contribution in [0, 0.1) is 11.8 Å². The van der Waals surface area contributed by atoms with Crippen molar-refractivity contribution in [3.05, 3.63) is 58.1 Å². The number of carboxylic acid groups (broad SMARTS) is 1. The van der Waals surface area contributed by atoms with Crippen LogP contribution >= 0.6 is 23.2 Å². The van der Waals surface area contributed by atoms with Gasteiger partial charge in [-0.15, -0.1) is 0 Å². The average Bonchev–Trinajstić information content (AvgIpc) is 2.72. The van der Waals surface area contributed by atoms with Crippen molar-refractivity contribution < 1.29 is 19.4 Å². The van der Waals surface area contributed by atoms with Gasteiger partial charge < -0.3 is 9.84 Å². The van der Waals surface area contributed by atoms with Gasteiger partial charge in [-0.3, -0.25) is 9.59 Å². The summed E-state index contributed by atoms with van der Waals surface area (Å²) in [7, 11) is 0. The lowest BCUT2D eigenvalue weighted by Gasteiger charge is -2.25. The first-order valence-electron chi connectivity index (χ1n) is 11.5. The third-order valence-electron chi connectivity index (χ3n) is 5.54. The summed E-state index contributed by atoms with van der Waals surface area (Å²) in [6.45, 7) is 7.55. The first-order chi connectivity index (χ1) is 15.5. The number of hydrogen-bond acceptors (Lipinski definition) is 3. The van der Waals surface area contributed by atoms with Crippen molar-refractivity contribution in [2.24, 2.45) is 11.8 Å². The largest absolute Gasteiger partial charge is 0.481 e. The molecule has 4 nitrogen and oxygen atoms in total. The molecule has 0 spiro atoms. The van der Waals surface area contributed by atoms with E-state index in [1.54, 1.807) is 12.1 Å². The lowest BCUT2D eigenvalue weighted by atomic mass is 9.87. The lowest BCUT2D eigenvalue weighted by molar-refractivity contribution is -0.161. The highest BCUT2D eigenvalue weighted by Crippen LogP contribution is 2.31. The highest BCUT2D eigenvalue weighted by Gasteiger charge is 2.30. The standard InChI is InChI=1S/C27H34Cl2O4/c1-5-6-7-21(26(32)33-27(2,3)4)16-20(25(30)31)13-10-18-8-11-19(12-9-18)23-15-14-22(28)17-24(23)29/h8-9,11-12,14-15,17,20-21H,5-7,10,13,16H2,1-4H3,(H,30,31)/t20-,21+/m1/s1. The fraction of sp³-hybridized carbons (Fsp3) is 0.481. The summed E-state index contributed by atoms with van der Waals surface area (Å²) in [5.41, 5.74) is 2.32. The SMILES string of the molecule is CCCC[C@@H](C[C@@H](CCc1ccc(-c2ccc(Cl)cc2Cl)cc1)C(=O)O)C(=O)OC(C)(C)C. The number of benzene rings is 2. The second kappa shape index (κ2) is 12.4. The van der Waals surface area contributed by atoms with Gasteiger partial charge in [-0.05, 0) is 69.7 Å². The Hall–Kier alpha value is -2.04. The van der Waals surface area contributed by atoms with Gasteiger partial charge in [-0.2, -0.15) is 0 Å². The summed E-state index contributed by atoms with van der Waals surface area (Å²) in [5.74, 6) is -2.18. The maximum Gasteiger partial charge on any atom is 0.309 e. The number of ether oxygens (including phenoxy) is 1. The predicted molar refractivity (Wildman–Crippen MR) is 135 cm³/mol. The molecule has 33 heavy (non-hydrogen) atoms. The first kappa shape index (κ1) is 27.2. The molecule has 0 radical (unpaired) electrons. The molecule has 2 atom stereocenters. The fourth-order valence-corrected chi connectivity index (χ4v) is 4.29. The minimum absolute atomic E-state index is 0.294. The van der Waals surface area contributed by atoms with Gasteiger partial charge >= 0.3 is 11.9 Å². The number of carbonyl (C=O) groups is 2. The van der Waals surface area contributed by atoms with Crippen LogP contribution in [0.1, 0.15) is 65.4 Å². The topological polar surface area (TPSA) is 63.6 Å². The molecular formula is C27H34Cl2O4. The number of aryl methyl sites for hydroxylation is 1. The zero-order valence-corrected chi connectivity index (χ0v) is 21.4. The van der Waals surface area contributed by atoms with Crippen LogP contribution in [-0.2, 0) is 20.7 Å². The van der Waals surface area contributed by atoms with Gasteiger partial charge in [0.1, 0.15) is 5.60 Å². The van der Waals surface area contributed by atoms with E-state index in [1.165, 1.54) is 0 Å². The summed E-state index contributed by atoms with van der Waals surface area (Å²) in [4.78, 5) is 24.6. The number of hydrogen-bond donors (Lipinski definition) is 1. The smallest absolute Gasteiger partial charge is 0.309 e. The predicted octanol–water partition coefficient (Wildman–Crippen LogP) is 7.83. The van der Waals surface area contributed by atoms with Crippen molar-refractivity contribution in [1.29, 1.82) is 0 Å². The molecular weight excluding hydrogens is 459 g/mol. The number of carbonyl (C=O) groups excluding carboxylic acids is 1. The van der Waals surface area contributed by atoms with Crippen LogP contribution < -0.4 is 0 Å². The summed E-state index contributed by atoms with van der Waals surface area (Å²) in [6.07, 6.45) is 3.82. The van der Waals surface area contributed by atoms with Gasteiger partial charge in [0.2, 0.25) is 0 Å². The van der Waals surface area contributed by atoms with Crippen LogP contribution in [0.15, 0.2) is 42.5 Å². The minimum atomic E-state index is -0.871. The van der Waals surface area contributed by atoms with Crippen LogP contribution in [0.25, 0.3) is 11.1 Å². The van der Waals surface area contributed by atoms with E-state index in [4.69, 9.17) is 27.9 Å². The molecule has 2 aromatic rings. The van der Waals surface area contributed by atoms with E-state index in [1.807, 2.05) is 51.1 Å². The molecule has 0 saturated carbocycles. The minimum Gasteiger partial charge on any atom is -0.481 e. The van der Waals surface area contributed by atoms with Gasteiger partial charge in [0, 0.05) is 15.6 Å². The third kappa shape index (κ3) is 9.02. The Kier molecular flexibility index (Phi) is 10.2. The normalized spacial score (nSPS) is 13.4. The van der Waals surface area contributed by atoms with Crippen LogP contribution in [0.2, 0.25) is 10.0 Å². The van der Waals surface area contributed by atoms with Crippen molar-refractivity contribution in [3.63, 3.8) is 0 Å². The van der Waals surface area contributed by atoms with E-state index >= 15 is 0 Å². The van der Waals surface area contributed by atoms with Crippen molar-refractivity contribution in [1.82, 2.24) is 0 Å². The second-order valence-corrected chi connectivity index (χ2v) is 10.3. The summed E-state index contributed by atoms with van der Waals surface area (Å²) in [6, 6.07) is 13.3. The Morgan fingerprint density at radius 3 is 2.21 bits per heavy atom. The van der Waals surface area contributed by atoms with Crippen LogP contribution in [0.4, 0.5) is 0 Å². The molecule has 0 amide bonds. The molecule has 0 aliphatic rings. The van der Waals surface area contributed by atoms with Crippen molar-refractivity contribution >= 4 is 35.1 Å². The van der Waals surface area contributed by atoms with E-state index in [0.29, 0.717) is 35.7 Å². The molecule has 0 saturated heterocycles. The number of halogens is 2. The maximum atomic E-state index is 12.7. The Morgan fingerprint density at radius 1 is 1.00 bits per heavy atom. The molecule has 180 valence electrons. The number of carboxylic acids is 1. The molecule has 0 heterocycles. The highest BCUT2D eigenvalue weighted by molar-refractivity contribution is 6.36. The summed E-state index contributed by atoms with van der Waals surface area (Å²) in [5, 5.41) is 11.0. The zero-order chi connectivity index (χ0) is 24.6. The Balaban J connectivity index is 2.06. The number of esters is 1. The molecule has 1 N–H and O–H groups in total. The molecule has 0 fully saturated rings. The van der Waals surface area contributed by atoms with Gasteiger partial charge in [0.15, 0.2) is 0 Å². The van der Waals surface area contributed by atoms with E-state index in [9.17, 15) is 14.7 Å². The fourth-order valence-electron chi connectivity index (χ4n) is 3.77. The van der Waals surface area contributed by atoms with Gasteiger partial charge in [-0.1, -0.05) is 73.3 Å². The van der Waals surface area contributed by atoms with E-state index in [0.717, 1.165) is 29.5 Å². The van der Waals surface area contributed by atoms with E-state index in [-0.39, 0.29) is 5.97 Å². The second-order valence-electron chi connectivity index (χ2n) is 9.50. The molecule has 6 heteroatoms. The number of rotatable bonds is 11. The van der Waals surface area contributed by atoms with Gasteiger partial charge in [-0.25, -0.2) is 0 Å². The maximum absolute atomic E-state index is 12.7. The van der Waals surface area contributed by atoms with Crippen molar-refractivity contribution in [2.45, 2.75) is 71.8 Å². The van der Waals surface area contributed by atoms with Crippen LogP contribution in [-0.4, -0.2) is 22.6 Å². The number of aliphatic carboxylic acids is 1. The average molecular weight is 493 g/mol. The van der Waals surface area contributed by atoms with Gasteiger partial charge in [0.25, 0.3) is 0 Å². The summed E-state index contributed by atoms with van der Waals surface area (Å²) < 4.78 is 5.56. The number of unbranched alkanes of at least 4 members (excludes halogenated alkanes) is 1. The molecule has 0 aromatic heterocycles. The quantitative estimate of drug-likeness (QED) is 0.324. The lowest BCUT2D eigenvalue weighted by Crippen LogP contribution is -2.31. The molecule has 2 aromatic carbocycles. The zero-order valence-electron chi connectivity index (χ0n) is 19.9. The Morgan fingerprint density at radius 2 is 1.67 bits per heavy atom. The first-order valence-corrected chi connectivity index (χ1v) is 12.3. The molecule has 0 bridgehead atoms. The van der Waals surface area contributed by atoms with Crippen molar-refractivity contribution in [3.8, 4) is 11.1 Å². The van der Waals surface area contributed by atoms with E-state index < -0.39 is 23.4 Å². The van der Waals surface area contributed by atoms with E-state index in [2.05, 4.69) is 6.92 Å². The van der Waals surface area contributed by atoms with Crippen molar-refractivity contribution in [2.75, 3.05) is 0 Å². The Bertz CT molecular complexity index is 932. The Labute approximate surface area is 207 Å². The van der Waals surface area contributed by atoms with Crippen LogP contribution in [0.5, 0.6) is 0 Å². The molecule has 0 aliphatic carbocycles.